The summed E-state index contributed by atoms with van der Waals surface area (Å²) < 4.78 is 4.85. The number of aromatic nitrogens is 1. The number of nitrogens with zero attached hydrogens (tertiary/aromatic N) is 1. The Balaban J connectivity index is 2.42. The first kappa shape index (κ1) is 11.7. The number of hydrogen-bond donors (Lipinski definition) is 0. The number of hydrogen-bond acceptors (Lipinski definition) is 3. The fourth-order valence-electron chi connectivity index (χ4n) is 1.97. The van der Waals surface area contributed by atoms with Crippen molar-refractivity contribution in [2.45, 2.75) is 13.3 Å². The zero-order valence-electron chi connectivity index (χ0n) is 10.1. The summed E-state index contributed by atoms with van der Waals surface area (Å²) in [6.45, 7) is 2.10. The van der Waals surface area contributed by atoms with Gasteiger partial charge in [0.1, 0.15) is 6.61 Å². The molecular weight excluding hydrogens is 214 g/mol. The van der Waals surface area contributed by atoms with Crippen molar-refractivity contribution in [1.29, 1.82) is 0 Å². The molecule has 0 saturated heterocycles. The van der Waals surface area contributed by atoms with Gasteiger partial charge in [-0.3, -0.25) is 9.78 Å². The Morgan fingerprint density at radius 3 is 2.88 bits per heavy atom. The van der Waals surface area contributed by atoms with Gasteiger partial charge >= 0.3 is 0 Å². The molecule has 17 heavy (non-hydrogen) atoms. The molecule has 0 spiro atoms. The summed E-state index contributed by atoms with van der Waals surface area (Å²) in [5, 5.41) is 1.04. The van der Waals surface area contributed by atoms with Crippen molar-refractivity contribution >= 4 is 16.7 Å². The topological polar surface area (TPSA) is 39.2 Å². The maximum Gasteiger partial charge on any atom is 0.162 e. The first-order valence-corrected chi connectivity index (χ1v) is 5.56. The molecule has 2 aromatic rings. The first-order chi connectivity index (χ1) is 8.20. The van der Waals surface area contributed by atoms with Crippen LogP contribution in [0.3, 0.4) is 0 Å². The number of para-hydroxylation sites is 1. The van der Waals surface area contributed by atoms with Crippen molar-refractivity contribution in [3.05, 3.63) is 41.6 Å². The molecule has 1 aromatic heterocycles. The van der Waals surface area contributed by atoms with Gasteiger partial charge in [-0.15, -0.1) is 0 Å². The third kappa shape index (κ3) is 2.68. The maximum atomic E-state index is 11.6. The molecule has 88 valence electrons. The number of Topliss-reactive ketones (excluding diaryl/α,β-unsaturated/α-hetero) is 1. The minimum atomic E-state index is 0.0863. The van der Waals surface area contributed by atoms with Gasteiger partial charge < -0.3 is 4.74 Å². The number of ketones is 1. The van der Waals surface area contributed by atoms with Crippen LogP contribution < -0.4 is 0 Å². The van der Waals surface area contributed by atoms with Crippen molar-refractivity contribution < 1.29 is 9.53 Å². The third-order valence-corrected chi connectivity index (χ3v) is 2.62. The standard InChI is InChI=1S/C14H15NO2/c1-10-7-11(8-12(16)9-17-2)13-5-3-4-6-14(13)15-10/h3-7H,8-9H2,1-2H3. The van der Waals surface area contributed by atoms with Crippen LogP contribution in [-0.2, 0) is 16.0 Å². The van der Waals surface area contributed by atoms with Crippen molar-refractivity contribution in [1.82, 2.24) is 4.98 Å². The van der Waals surface area contributed by atoms with Gasteiger partial charge in [0.15, 0.2) is 5.78 Å². The number of aryl methyl sites for hydroxylation is 1. The molecule has 1 aromatic carbocycles. The summed E-state index contributed by atoms with van der Waals surface area (Å²) >= 11 is 0. The fourth-order valence-corrected chi connectivity index (χ4v) is 1.97. The number of fused-ring (bicyclic) bond motifs is 1. The lowest BCUT2D eigenvalue weighted by atomic mass is 10.0. The molecular formula is C14H15NO2. The third-order valence-electron chi connectivity index (χ3n) is 2.62. The molecule has 3 heteroatoms. The van der Waals surface area contributed by atoms with E-state index in [-0.39, 0.29) is 12.4 Å². The highest BCUT2D eigenvalue weighted by Gasteiger charge is 2.08. The van der Waals surface area contributed by atoms with E-state index in [1.165, 1.54) is 7.11 Å². The summed E-state index contributed by atoms with van der Waals surface area (Å²) in [7, 11) is 1.54. The summed E-state index contributed by atoms with van der Waals surface area (Å²) in [4.78, 5) is 16.1. The molecule has 0 aliphatic carbocycles. The zero-order chi connectivity index (χ0) is 12.3. The Hall–Kier alpha value is -1.74. The van der Waals surface area contributed by atoms with Crippen LogP contribution in [0.2, 0.25) is 0 Å². The summed E-state index contributed by atoms with van der Waals surface area (Å²) in [5.41, 5.74) is 2.90. The molecule has 0 saturated carbocycles. The number of benzene rings is 1. The van der Waals surface area contributed by atoms with Crippen LogP contribution in [0.5, 0.6) is 0 Å². The van der Waals surface area contributed by atoms with E-state index in [0.717, 1.165) is 22.2 Å². The van der Waals surface area contributed by atoms with Gasteiger partial charge in [-0.25, -0.2) is 0 Å². The largest absolute Gasteiger partial charge is 0.377 e. The van der Waals surface area contributed by atoms with E-state index in [9.17, 15) is 4.79 Å². The van der Waals surface area contributed by atoms with Gasteiger partial charge in [0.05, 0.1) is 5.52 Å². The fraction of sp³-hybridized carbons (Fsp3) is 0.286. The van der Waals surface area contributed by atoms with E-state index in [2.05, 4.69) is 4.98 Å². The minimum Gasteiger partial charge on any atom is -0.377 e. The second-order valence-electron chi connectivity index (χ2n) is 4.09. The van der Waals surface area contributed by atoms with Gasteiger partial charge in [-0.05, 0) is 24.6 Å². The Morgan fingerprint density at radius 1 is 1.35 bits per heavy atom. The molecule has 2 rings (SSSR count). The van der Waals surface area contributed by atoms with Gasteiger partial charge in [0, 0.05) is 24.6 Å². The molecule has 0 radical (unpaired) electrons. The molecule has 0 amide bonds. The molecule has 0 aliphatic rings. The number of pyridine rings is 1. The van der Waals surface area contributed by atoms with Crippen LogP contribution in [0.15, 0.2) is 30.3 Å². The monoisotopic (exact) mass is 229 g/mol. The molecule has 1 heterocycles. The van der Waals surface area contributed by atoms with Crippen LogP contribution in [0.4, 0.5) is 0 Å². The van der Waals surface area contributed by atoms with E-state index < -0.39 is 0 Å². The lowest BCUT2D eigenvalue weighted by Gasteiger charge is -2.07. The van der Waals surface area contributed by atoms with Crippen LogP contribution in [-0.4, -0.2) is 24.5 Å². The highest BCUT2D eigenvalue weighted by molar-refractivity contribution is 5.89. The Kier molecular flexibility index (Phi) is 3.49. The molecule has 0 aliphatic heterocycles. The van der Waals surface area contributed by atoms with Gasteiger partial charge in [0.2, 0.25) is 0 Å². The summed E-state index contributed by atoms with van der Waals surface area (Å²) in [6.07, 6.45) is 0.401. The van der Waals surface area contributed by atoms with Gasteiger partial charge in [-0.1, -0.05) is 18.2 Å². The van der Waals surface area contributed by atoms with Crippen LogP contribution in [0.1, 0.15) is 11.3 Å². The Labute approximate surface area is 100 Å². The summed E-state index contributed by atoms with van der Waals surface area (Å²) in [6, 6.07) is 9.85. The minimum absolute atomic E-state index is 0.0863. The number of ether oxygens (including phenoxy) is 1. The molecule has 0 atom stereocenters. The molecule has 3 nitrogen and oxygen atoms in total. The lowest BCUT2D eigenvalue weighted by Crippen LogP contribution is -2.10. The van der Waals surface area contributed by atoms with Gasteiger partial charge in [0.25, 0.3) is 0 Å². The SMILES string of the molecule is COCC(=O)Cc1cc(C)nc2ccccc12. The Morgan fingerprint density at radius 2 is 2.12 bits per heavy atom. The van der Waals surface area contributed by atoms with Crippen molar-refractivity contribution in [3.63, 3.8) is 0 Å². The van der Waals surface area contributed by atoms with Crippen molar-refractivity contribution in [3.8, 4) is 0 Å². The highest BCUT2D eigenvalue weighted by atomic mass is 16.5. The van der Waals surface area contributed by atoms with Crippen molar-refractivity contribution in [2.24, 2.45) is 0 Å². The van der Waals surface area contributed by atoms with Crippen LogP contribution in [0.25, 0.3) is 10.9 Å². The molecule has 0 bridgehead atoms. The Bertz CT molecular complexity index is 549. The van der Waals surface area contributed by atoms with E-state index in [1.54, 1.807) is 0 Å². The van der Waals surface area contributed by atoms with Crippen LogP contribution >= 0.6 is 0 Å². The predicted octanol–water partition coefficient (Wildman–Crippen LogP) is 2.30. The normalized spacial score (nSPS) is 10.7. The number of methoxy groups -OCH3 is 1. The quantitative estimate of drug-likeness (QED) is 0.807. The van der Waals surface area contributed by atoms with E-state index >= 15 is 0 Å². The first-order valence-electron chi connectivity index (χ1n) is 5.56. The van der Waals surface area contributed by atoms with Crippen LogP contribution in [0, 0.1) is 6.92 Å². The predicted molar refractivity (Wildman–Crippen MR) is 67.1 cm³/mol. The second-order valence-corrected chi connectivity index (χ2v) is 4.09. The van der Waals surface area contributed by atoms with E-state index in [1.807, 2.05) is 37.3 Å². The maximum absolute atomic E-state index is 11.6. The smallest absolute Gasteiger partial charge is 0.162 e. The molecule has 0 fully saturated rings. The second kappa shape index (κ2) is 5.06. The number of rotatable bonds is 4. The average molecular weight is 229 g/mol. The number of carbonyl (C=O) groups excluding carboxylic acids is 1. The average Bonchev–Trinajstić information content (AvgIpc) is 2.29. The number of carbonyl (C=O) groups is 1. The van der Waals surface area contributed by atoms with E-state index in [0.29, 0.717) is 6.42 Å². The molecule has 0 N–H and O–H groups in total. The zero-order valence-corrected chi connectivity index (χ0v) is 10.1. The van der Waals surface area contributed by atoms with Gasteiger partial charge in [-0.2, -0.15) is 0 Å². The van der Waals surface area contributed by atoms with E-state index in [4.69, 9.17) is 4.74 Å². The van der Waals surface area contributed by atoms with Crippen molar-refractivity contribution in [2.75, 3.05) is 13.7 Å². The summed E-state index contributed by atoms with van der Waals surface area (Å²) in [5.74, 6) is 0.0863. The highest BCUT2D eigenvalue weighted by Crippen LogP contribution is 2.18. The molecule has 0 unspecified atom stereocenters. The lowest BCUT2D eigenvalue weighted by molar-refractivity contribution is -0.121.